The number of nitrogens with zero attached hydrogens (tertiary/aromatic N) is 2. The highest BCUT2D eigenvalue weighted by Crippen LogP contribution is 2.25. The molecule has 16 heavy (non-hydrogen) atoms. The van der Waals surface area contributed by atoms with Crippen molar-refractivity contribution in [1.82, 2.24) is 10.3 Å². The van der Waals surface area contributed by atoms with Crippen molar-refractivity contribution < 1.29 is 0 Å². The van der Waals surface area contributed by atoms with Crippen molar-refractivity contribution in [3.05, 3.63) is 29.6 Å². The van der Waals surface area contributed by atoms with Crippen LogP contribution in [-0.4, -0.2) is 11.0 Å². The van der Waals surface area contributed by atoms with Crippen LogP contribution in [0.15, 0.2) is 18.5 Å². The second kappa shape index (κ2) is 5.09. The van der Waals surface area contributed by atoms with Gasteiger partial charge in [0, 0.05) is 25.0 Å². The van der Waals surface area contributed by atoms with E-state index in [-0.39, 0.29) is 5.92 Å². The van der Waals surface area contributed by atoms with E-state index < -0.39 is 0 Å². The molecule has 1 aliphatic rings. The lowest BCUT2D eigenvalue weighted by atomic mass is 10.1. The van der Waals surface area contributed by atoms with Gasteiger partial charge in [-0.05, 0) is 37.0 Å². The molecular weight excluding hydrogens is 198 g/mol. The SMILES string of the molecule is Cc1ccncc1CNC1CCCC1C#N. The number of aryl methyl sites for hydroxylation is 1. The standard InChI is InChI=1S/C13H17N3/c1-10-5-6-15-8-12(10)9-16-13-4-2-3-11(13)7-14/h5-6,8,11,13,16H,2-4,9H2,1H3. The van der Waals surface area contributed by atoms with E-state index in [0.29, 0.717) is 6.04 Å². The number of hydrogen-bond donors (Lipinski definition) is 1. The zero-order valence-corrected chi connectivity index (χ0v) is 9.61. The molecule has 0 amide bonds. The van der Waals surface area contributed by atoms with Crippen LogP contribution >= 0.6 is 0 Å². The fraction of sp³-hybridized carbons (Fsp3) is 0.538. The van der Waals surface area contributed by atoms with Crippen LogP contribution in [0.5, 0.6) is 0 Å². The first-order valence-electron chi connectivity index (χ1n) is 5.83. The highest BCUT2D eigenvalue weighted by molar-refractivity contribution is 5.21. The van der Waals surface area contributed by atoms with Gasteiger partial charge in [0.25, 0.3) is 0 Å². The lowest BCUT2D eigenvalue weighted by Gasteiger charge is -2.16. The summed E-state index contributed by atoms with van der Waals surface area (Å²) in [4.78, 5) is 4.12. The number of hydrogen-bond acceptors (Lipinski definition) is 3. The molecule has 0 bridgehead atoms. The topological polar surface area (TPSA) is 48.7 Å². The fourth-order valence-electron chi connectivity index (χ4n) is 2.28. The van der Waals surface area contributed by atoms with Gasteiger partial charge < -0.3 is 5.32 Å². The monoisotopic (exact) mass is 215 g/mol. The molecule has 0 aliphatic heterocycles. The van der Waals surface area contributed by atoms with Crippen molar-refractivity contribution in [2.24, 2.45) is 5.92 Å². The van der Waals surface area contributed by atoms with Gasteiger partial charge >= 0.3 is 0 Å². The molecule has 84 valence electrons. The van der Waals surface area contributed by atoms with E-state index in [9.17, 15) is 0 Å². The Morgan fingerprint density at radius 1 is 1.56 bits per heavy atom. The largest absolute Gasteiger partial charge is 0.309 e. The summed E-state index contributed by atoms with van der Waals surface area (Å²) in [5, 5.41) is 12.5. The minimum Gasteiger partial charge on any atom is -0.309 e. The molecule has 1 heterocycles. The van der Waals surface area contributed by atoms with Gasteiger partial charge in [0.1, 0.15) is 0 Å². The summed E-state index contributed by atoms with van der Waals surface area (Å²) in [5.74, 6) is 0.192. The Hall–Kier alpha value is -1.40. The fourth-order valence-corrected chi connectivity index (χ4v) is 2.28. The summed E-state index contributed by atoms with van der Waals surface area (Å²) in [7, 11) is 0. The summed E-state index contributed by atoms with van der Waals surface area (Å²) < 4.78 is 0. The Balaban J connectivity index is 1.93. The summed E-state index contributed by atoms with van der Waals surface area (Å²) in [6.45, 7) is 2.91. The maximum Gasteiger partial charge on any atom is 0.0672 e. The molecule has 2 rings (SSSR count). The Morgan fingerprint density at radius 2 is 2.44 bits per heavy atom. The third-order valence-electron chi connectivity index (χ3n) is 3.38. The second-order valence-corrected chi connectivity index (χ2v) is 4.46. The van der Waals surface area contributed by atoms with E-state index in [1.54, 1.807) is 0 Å². The van der Waals surface area contributed by atoms with Crippen molar-refractivity contribution >= 4 is 0 Å². The molecule has 0 spiro atoms. The summed E-state index contributed by atoms with van der Waals surface area (Å²) in [5.41, 5.74) is 2.49. The quantitative estimate of drug-likeness (QED) is 0.840. The third kappa shape index (κ3) is 2.40. The maximum absolute atomic E-state index is 8.99. The second-order valence-electron chi connectivity index (χ2n) is 4.46. The number of nitriles is 1. The van der Waals surface area contributed by atoms with Crippen LogP contribution in [0.25, 0.3) is 0 Å². The normalized spacial score (nSPS) is 24.2. The van der Waals surface area contributed by atoms with Crippen molar-refractivity contribution in [3.8, 4) is 6.07 Å². The minimum absolute atomic E-state index is 0.192. The predicted octanol–water partition coefficient (Wildman–Crippen LogP) is 2.17. The molecule has 3 nitrogen and oxygen atoms in total. The average Bonchev–Trinajstić information content (AvgIpc) is 2.75. The predicted molar refractivity (Wildman–Crippen MR) is 62.6 cm³/mol. The van der Waals surface area contributed by atoms with Gasteiger partial charge in [-0.2, -0.15) is 5.26 Å². The van der Waals surface area contributed by atoms with Gasteiger partial charge in [0.2, 0.25) is 0 Å². The molecule has 1 saturated carbocycles. The van der Waals surface area contributed by atoms with Crippen molar-refractivity contribution in [3.63, 3.8) is 0 Å². The van der Waals surface area contributed by atoms with E-state index >= 15 is 0 Å². The number of aromatic nitrogens is 1. The van der Waals surface area contributed by atoms with Crippen LogP contribution in [0.2, 0.25) is 0 Å². The zero-order valence-electron chi connectivity index (χ0n) is 9.61. The minimum atomic E-state index is 0.192. The van der Waals surface area contributed by atoms with Gasteiger partial charge in [-0.25, -0.2) is 0 Å². The van der Waals surface area contributed by atoms with Gasteiger partial charge in [-0.3, -0.25) is 4.98 Å². The molecule has 2 unspecified atom stereocenters. The number of pyridine rings is 1. The molecule has 1 aromatic rings. The van der Waals surface area contributed by atoms with Crippen molar-refractivity contribution in [2.45, 2.75) is 38.8 Å². The van der Waals surface area contributed by atoms with E-state index in [1.807, 2.05) is 18.5 Å². The Kier molecular flexibility index (Phi) is 3.53. The highest BCUT2D eigenvalue weighted by Gasteiger charge is 2.26. The summed E-state index contributed by atoms with van der Waals surface area (Å²) in [6.07, 6.45) is 7.05. The van der Waals surface area contributed by atoms with E-state index in [2.05, 4.69) is 23.3 Å². The van der Waals surface area contributed by atoms with Crippen molar-refractivity contribution in [2.75, 3.05) is 0 Å². The number of nitrogens with one attached hydrogen (secondary N) is 1. The van der Waals surface area contributed by atoms with Crippen LogP contribution in [0.4, 0.5) is 0 Å². The average molecular weight is 215 g/mol. The lowest BCUT2D eigenvalue weighted by Crippen LogP contribution is -2.31. The van der Waals surface area contributed by atoms with Crippen LogP contribution in [0.3, 0.4) is 0 Å². The van der Waals surface area contributed by atoms with Crippen molar-refractivity contribution in [1.29, 1.82) is 5.26 Å². The molecule has 3 heteroatoms. The molecule has 1 fully saturated rings. The molecule has 0 saturated heterocycles. The Labute approximate surface area is 96.5 Å². The highest BCUT2D eigenvalue weighted by atomic mass is 14.9. The first-order valence-corrected chi connectivity index (χ1v) is 5.83. The molecule has 0 radical (unpaired) electrons. The summed E-state index contributed by atoms with van der Waals surface area (Å²) in [6, 6.07) is 4.77. The van der Waals surface area contributed by atoms with Gasteiger partial charge in [0.15, 0.2) is 0 Å². The number of rotatable bonds is 3. The zero-order chi connectivity index (χ0) is 11.4. The third-order valence-corrected chi connectivity index (χ3v) is 3.38. The Bertz CT molecular complexity index is 394. The van der Waals surface area contributed by atoms with E-state index in [4.69, 9.17) is 5.26 Å². The van der Waals surface area contributed by atoms with Crippen LogP contribution in [0, 0.1) is 24.2 Å². The van der Waals surface area contributed by atoms with Gasteiger partial charge in [-0.15, -0.1) is 0 Å². The molecule has 1 aromatic heterocycles. The van der Waals surface area contributed by atoms with E-state index in [1.165, 1.54) is 17.5 Å². The van der Waals surface area contributed by atoms with E-state index in [0.717, 1.165) is 19.4 Å². The molecule has 0 aromatic carbocycles. The Morgan fingerprint density at radius 3 is 3.19 bits per heavy atom. The maximum atomic E-state index is 8.99. The first kappa shape index (κ1) is 11.1. The lowest BCUT2D eigenvalue weighted by molar-refractivity contribution is 0.463. The van der Waals surface area contributed by atoms with Crippen LogP contribution < -0.4 is 5.32 Å². The van der Waals surface area contributed by atoms with Crippen LogP contribution in [-0.2, 0) is 6.54 Å². The molecule has 1 aliphatic carbocycles. The molecule has 1 N–H and O–H groups in total. The smallest absolute Gasteiger partial charge is 0.0672 e. The molecule has 2 atom stereocenters. The summed E-state index contributed by atoms with van der Waals surface area (Å²) >= 11 is 0. The first-order chi connectivity index (χ1) is 7.81. The van der Waals surface area contributed by atoms with Gasteiger partial charge in [-0.1, -0.05) is 6.42 Å². The van der Waals surface area contributed by atoms with Crippen LogP contribution in [0.1, 0.15) is 30.4 Å². The van der Waals surface area contributed by atoms with Gasteiger partial charge in [0.05, 0.1) is 12.0 Å². The molecular formula is C13H17N3.